The highest BCUT2D eigenvalue weighted by molar-refractivity contribution is 6.31. The summed E-state index contributed by atoms with van der Waals surface area (Å²) in [6.45, 7) is 1.67. The highest BCUT2D eigenvalue weighted by Gasteiger charge is 2.03. The minimum atomic E-state index is -0.0955. The van der Waals surface area contributed by atoms with E-state index in [0.717, 1.165) is 5.56 Å². The number of hydrogen-bond donors (Lipinski definition) is 2. The maximum atomic E-state index is 11.4. The number of nitrogens with one attached hydrogen (secondary N) is 2. The number of nitrogens with zero attached hydrogens (tertiary/aromatic N) is 1. The van der Waals surface area contributed by atoms with Gasteiger partial charge < -0.3 is 15.4 Å². The lowest BCUT2D eigenvalue weighted by Crippen LogP contribution is -2.35. The zero-order valence-electron chi connectivity index (χ0n) is 10.7. The SMILES string of the molecule is COCCNC(=O)CNCc1ccc(C#N)cc1Cl. The van der Waals surface area contributed by atoms with E-state index in [4.69, 9.17) is 21.6 Å². The summed E-state index contributed by atoms with van der Waals surface area (Å²) in [6, 6.07) is 7.10. The molecule has 0 aliphatic carbocycles. The minimum absolute atomic E-state index is 0.0955. The van der Waals surface area contributed by atoms with E-state index in [1.165, 1.54) is 0 Å². The Balaban J connectivity index is 2.33. The van der Waals surface area contributed by atoms with Crippen molar-refractivity contribution in [2.45, 2.75) is 6.54 Å². The number of rotatable bonds is 7. The largest absolute Gasteiger partial charge is 0.383 e. The van der Waals surface area contributed by atoms with Gasteiger partial charge >= 0.3 is 0 Å². The molecule has 2 N–H and O–H groups in total. The van der Waals surface area contributed by atoms with Gasteiger partial charge in [-0.05, 0) is 17.7 Å². The molecule has 1 aromatic carbocycles. The summed E-state index contributed by atoms with van der Waals surface area (Å²) in [5.41, 5.74) is 1.37. The molecule has 1 aromatic rings. The van der Waals surface area contributed by atoms with Crippen molar-refractivity contribution in [3.8, 4) is 6.07 Å². The predicted molar refractivity (Wildman–Crippen MR) is 72.8 cm³/mol. The van der Waals surface area contributed by atoms with Crippen LogP contribution < -0.4 is 10.6 Å². The Morgan fingerprint density at radius 1 is 1.53 bits per heavy atom. The molecule has 0 heterocycles. The first kappa shape index (κ1) is 15.4. The van der Waals surface area contributed by atoms with Crippen LogP contribution in [0.1, 0.15) is 11.1 Å². The number of halogens is 1. The van der Waals surface area contributed by atoms with Crippen LogP contribution in [0.3, 0.4) is 0 Å². The van der Waals surface area contributed by atoms with Crippen molar-refractivity contribution < 1.29 is 9.53 Å². The average molecular weight is 282 g/mol. The van der Waals surface area contributed by atoms with Gasteiger partial charge in [0.05, 0.1) is 24.8 Å². The second-order valence-electron chi connectivity index (χ2n) is 3.86. The van der Waals surface area contributed by atoms with E-state index in [9.17, 15) is 4.79 Å². The fraction of sp³-hybridized carbons (Fsp3) is 0.385. The fourth-order valence-electron chi connectivity index (χ4n) is 1.43. The van der Waals surface area contributed by atoms with Crippen molar-refractivity contribution in [2.24, 2.45) is 0 Å². The summed E-state index contributed by atoms with van der Waals surface area (Å²) in [7, 11) is 1.58. The van der Waals surface area contributed by atoms with Crippen LogP contribution in [0.5, 0.6) is 0 Å². The third-order valence-corrected chi connectivity index (χ3v) is 2.76. The molecular formula is C13H16ClN3O2. The van der Waals surface area contributed by atoms with Crippen molar-refractivity contribution in [3.05, 3.63) is 34.3 Å². The summed E-state index contributed by atoms with van der Waals surface area (Å²) in [5, 5.41) is 14.9. The number of methoxy groups -OCH3 is 1. The molecule has 1 rings (SSSR count). The number of ether oxygens (including phenoxy) is 1. The van der Waals surface area contributed by atoms with Crippen LogP contribution in [-0.4, -0.2) is 32.7 Å². The molecule has 0 bridgehead atoms. The van der Waals surface area contributed by atoms with Crippen LogP contribution in [0.4, 0.5) is 0 Å². The summed E-state index contributed by atoms with van der Waals surface area (Å²) in [4.78, 5) is 11.4. The quantitative estimate of drug-likeness (QED) is 0.733. The molecule has 0 atom stereocenters. The Morgan fingerprint density at radius 2 is 2.32 bits per heavy atom. The van der Waals surface area contributed by atoms with E-state index >= 15 is 0 Å². The highest BCUT2D eigenvalue weighted by Crippen LogP contribution is 2.17. The van der Waals surface area contributed by atoms with Crippen molar-refractivity contribution in [2.75, 3.05) is 26.8 Å². The minimum Gasteiger partial charge on any atom is -0.383 e. The van der Waals surface area contributed by atoms with Gasteiger partial charge in [0, 0.05) is 25.2 Å². The average Bonchev–Trinajstić information content (AvgIpc) is 2.41. The summed E-state index contributed by atoms with van der Waals surface area (Å²) in [6.07, 6.45) is 0. The Kier molecular flexibility index (Phi) is 6.90. The van der Waals surface area contributed by atoms with Crippen LogP contribution in [0.15, 0.2) is 18.2 Å². The first-order valence-corrected chi connectivity index (χ1v) is 6.20. The smallest absolute Gasteiger partial charge is 0.234 e. The lowest BCUT2D eigenvalue weighted by atomic mass is 10.1. The summed E-state index contributed by atoms with van der Waals surface area (Å²) >= 11 is 6.02. The van der Waals surface area contributed by atoms with Gasteiger partial charge in [-0.3, -0.25) is 4.79 Å². The first-order chi connectivity index (χ1) is 9.17. The van der Waals surface area contributed by atoms with Crippen LogP contribution in [0.2, 0.25) is 5.02 Å². The molecule has 0 aliphatic heterocycles. The molecule has 0 saturated carbocycles. The van der Waals surface area contributed by atoms with Crippen LogP contribution >= 0.6 is 11.6 Å². The lowest BCUT2D eigenvalue weighted by molar-refractivity contribution is -0.120. The number of benzene rings is 1. The van der Waals surface area contributed by atoms with Gasteiger partial charge in [0.25, 0.3) is 0 Å². The molecule has 0 spiro atoms. The zero-order chi connectivity index (χ0) is 14.1. The van der Waals surface area contributed by atoms with Gasteiger partial charge in [-0.1, -0.05) is 17.7 Å². The number of carbonyl (C=O) groups is 1. The zero-order valence-corrected chi connectivity index (χ0v) is 11.5. The molecule has 1 amide bonds. The number of nitriles is 1. The molecule has 6 heteroatoms. The van der Waals surface area contributed by atoms with E-state index < -0.39 is 0 Å². The summed E-state index contributed by atoms with van der Waals surface area (Å²) < 4.78 is 4.82. The first-order valence-electron chi connectivity index (χ1n) is 5.82. The van der Waals surface area contributed by atoms with Gasteiger partial charge in [0.1, 0.15) is 0 Å². The maximum absolute atomic E-state index is 11.4. The monoisotopic (exact) mass is 281 g/mol. The Hall–Kier alpha value is -1.61. The second kappa shape index (κ2) is 8.48. The van der Waals surface area contributed by atoms with Crippen LogP contribution in [0.25, 0.3) is 0 Å². The Labute approximate surface area is 117 Å². The van der Waals surface area contributed by atoms with Gasteiger partial charge in [-0.15, -0.1) is 0 Å². The third kappa shape index (κ3) is 5.71. The van der Waals surface area contributed by atoms with Crippen LogP contribution in [0, 0.1) is 11.3 Å². The highest BCUT2D eigenvalue weighted by atomic mass is 35.5. The third-order valence-electron chi connectivity index (χ3n) is 2.41. The topological polar surface area (TPSA) is 74.2 Å². The van der Waals surface area contributed by atoms with Crippen LogP contribution in [-0.2, 0) is 16.1 Å². The van der Waals surface area contributed by atoms with E-state index in [0.29, 0.717) is 30.3 Å². The predicted octanol–water partition coefficient (Wildman–Crippen LogP) is 1.06. The standard InChI is InChI=1S/C13H16ClN3O2/c1-19-5-4-17-13(18)9-16-8-11-3-2-10(7-15)6-12(11)14/h2-3,6,16H,4-5,8-9H2,1H3,(H,17,18). The molecule has 19 heavy (non-hydrogen) atoms. The molecule has 102 valence electrons. The molecule has 5 nitrogen and oxygen atoms in total. The van der Waals surface area contributed by atoms with E-state index in [1.54, 1.807) is 25.3 Å². The fourth-order valence-corrected chi connectivity index (χ4v) is 1.67. The molecular weight excluding hydrogens is 266 g/mol. The second-order valence-corrected chi connectivity index (χ2v) is 4.27. The Morgan fingerprint density at radius 3 is 2.95 bits per heavy atom. The molecule has 0 radical (unpaired) electrons. The normalized spacial score (nSPS) is 9.95. The number of carbonyl (C=O) groups excluding carboxylic acids is 1. The molecule has 0 aliphatic rings. The number of amides is 1. The van der Waals surface area contributed by atoms with Crippen molar-refractivity contribution in [1.82, 2.24) is 10.6 Å². The van der Waals surface area contributed by atoms with Crippen molar-refractivity contribution >= 4 is 17.5 Å². The molecule has 0 fully saturated rings. The summed E-state index contributed by atoms with van der Waals surface area (Å²) in [5.74, 6) is -0.0955. The van der Waals surface area contributed by atoms with Crippen molar-refractivity contribution in [3.63, 3.8) is 0 Å². The maximum Gasteiger partial charge on any atom is 0.234 e. The lowest BCUT2D eigenvalue weighted by Gasteiger charge is -2.07. The van der Waals surface area contributed by atoms with E-state index in [-0.39, 0.29) is 12.5 Å². The van der Waals surface area contributed by atoms with Gasteiger partial charge in [0.2, 0.25) is 5.91 Å². The number of hydrogen-bond acceptors (Lipinski definition) is 4. The van der Waals surface area contributed by atoms with Gasteiger partial charge in [0.15, 0.2) is 0 Å². The van der Waals surface area contributed by atoms with E-state index in [2.05, 4.69) is 10.6 Å². The van der Waals surface area contributed by atoms with Gasteiger partial charge in [-0.2, -0.15) is 5.26 Å². The molecule has 0 aromatic heterocycles. The Bertz CT molecular complexity index is 471. The van der Waals surface area contributed by atoms with Gasteiger partial charge in [-0.25, -0.2) is 0 Å². The molecule has 0 saturated heterocycles. The molecule has 0 unspecified atom stereocenters. The van der Waals surface area contributed by atoms with E-state index in [1.807, 2.05) is 6.07 Å². The van der Waals surface area contributed by atoms with Crippen molar-refractivity contribution in [1.29, 1.82) is 5.26 Å².